The van der Waals surface area contributed by atoms with E-state index < -0.39 is 15.8 Å². The number of amides is 1. The number of benzene rings is 2. The summed E-state index contributed by atoms with van der Waals surface area (Å²) in [5.74, 6) is -0.692. The Morgan fingerprint density at radius 3 is 2.56 bits per heavy atom. The van der Waals surface area contributed by atoms with E-state index >= 15 is 0 Å². The molecule has 134 valence electrons. The topological polar surface area (TPSA) is 75.3 Å². The van der Waals surface area contributed by atoms with Gasteiger partial charge in [0, 0.05) is 13.1 Å². The summed E-state index contributed by atoms with van der Waals surface area (Å²) < 4.78 is 40.2. The summed E-state index contributed by atoms with van der Waals surface area (Å²) in [5.41, 5.74) is 2.08. The lowest BCUT2D eigenvalue weighted by Crippen LogP contribution is -2.35. The molecule has 0 aliphatic rings. The minimum atomic E-state index is -3.63. The van der Waals surface area contributed by atoms with Crippen molar-refractivity contribution in [3.8, 4) is 0 Å². The predicted molar refractivity (Wildman–Crippen MR) is 94.2 cm³/mol. The zero-order valence-corrected chi connectivity index (χ0v) is 15.0. The smallest absolute Gasteiger partial charge is 0.240 e. The minimum absolute atomic E-state index is 0.0432. The molecule has 0 saturated heterocycles. The highest BCUT2D eigenvalue weighted by molar-refractivity contribution is 7.89. The molecular formula is C18H21FN2O3S. The molecule has 0 heterocycles. The highest BCUT2D eigenvalue weighted by Crippen LogP contribution is 2.16. The van der Waals surface area contributed by atoms with Gasteiger partial charge in [-0.2, -0.15) is 0 Å². The fourth-order valence-electron chi connectivity index (χ4n) is 2.36. The van der Waals surface area contributed by atoms with Crippen molar-refractivity contribution in [3.05, 3.63) is 65.0 Å². The van der Waals surface area contributed by atoms with Crippen LogP contribution in [-0.2, 0) is 21.2 Å². The Balaban J connectivity index is 1.84. The molecule has 25 heavy (non-hydrogen) atoms. The molecule has 2 N–H and O–H groups in total. The van der Waals surface area contributed by atoms with Gasteiger partial charge in [0.25, 0.3) is 0 Å². The molecule has 0 atom stereocenters. The largest absolute Gasteiger partial charge is 0.355 e. The Kier molecular flexibility index (Phi) is 6.27. The first-order valence-corrected chi connectivity index (χ1v) is 9.34. The molecule has 5 nitrogen and oxygen atoms in total. The fraction of sp³-hybridized carbons (Fsp3) is 0.278. The Bertz CT molecular complexity index is 866. The van der Waals surface area contributed by atoms with Crippen LogP contribution in [0.2, 0.25) is 0 Å². The summed E-state index contributed by atoms with van der Waals surface area (Å²) >= 11 is 0. The van der Waals surface area contributed by atoms with E-state index in [0.717, 1.165) is 5.56 Å². The lowest BCUT2D eigenvalue weighted by molar-refractivity contribution is -0.120. The summed E-state index contributed by atoms with van der Waals surface area (Å²) in [7, 11) is -3.63. The van der Waals surface area contributed by atoms with Crippen molar-refractivity contribution in [3.63, 3.8) is 0 Å². The first kappa shape index (κ1) is 19.1. The van der Waals surface area contributed by atoms with Crippen molar-refractivity contribution in [2.45, 2.75) is 25.2 Å². The second kappa shape index (κ2) is 8.22. The van der Waals surface area contributed by atoms with Crippen molar-refractivity contribution in [2.75, 3.05) is 13.1 Å². The molecule has 0 spiro atoms. The van der Waals surface area contributed by atoms with E-state index in [1.165, 1.54) is 18.2 Å². The average Bonchev–Trinajstić information content (AvgIpc) is 2.54. The molecule has 0 aliphatic carbocycles. The standard InChI is InChI=1S/C18H21FN2O3S/c1-13-6-7-14(2)17(10-13)25(23,24)21-9-8-20-18(22)12-15-4-3-5-16(19)11-15/h3-7,10-11,21H,8-9,12H2,1-2H3,(H,20,22). The Morgan fingerprint density at radius 2 is 1.84 bits per heavy atom. The molecule has 2 aromatic carbocycles. The van der Waals surface area contributed by atoms with Crippen LogP contribution < -0.4 is 10.0 Å². The second-order valence-electron chi connectivity index (χ2n) is 5.82. The molecule has 0 bridgehead atoms. The van der Waals surface area contributed by atoms with Gasteiger partial charge in [-0.15, -0.1) is 0 Å². The summed E-state index contributed by atoms with van der Waals surface area (Å²) in [6.07, 6.45) is 0.0432. The number of nitrogens with one attached hydrogen (secondary N) is 2. The third kappa shape index (κ3) is 5.65. The van der Waals surface area contributed by atoms with Gasteiger partial charge in [-0.3, -0.25) is 4.79 Å². The van der Waals surface area contributed by atoms with Gasteiger partial charge >= 0.3 is 0 Å². The molecule has 0 unspecified atom stereocenters. The Labute approximate surface area is 147 Å². The SMILES string of the molecule is Cc1ccc(C)c(S(=O)(=O)NCCNC(=O)Cc2cccc(F)c2)c1. The normalized spacial score (nSPS) is 11.3. The summed E-state index contributed by atoms with van der Waals surface area (Å²) in [6, 6.07) is 11.0. The summed E-state index contributed by atoms with van der Waals surface area (Å²) in [5, 5.41) is 2.61. The molecule has 0 saturated carbocycles. The molecule has 2 rings (SSSR count). The second-order valence-corrected chi connectivity index (χ2v) is 7.56. The number of hydrogen-bond acceptors (Lipinski definition) is 3. The monoisotopic (exact) mass is 364 g/mol. The average molecular weight is 364 g/mol. The van der Waals surface area contributed by atoms with Crippen molar-refractivity contribution in [2.24, 2.45) is 0 Å². The van der Waals surface area contributed by atoms with E-state index in [2.05, 4.69) is 10.0 Å². The van der Waals surface area contributed by atoms with Crippen LogP contribution in [0.1, 0.15) is 16.7 Å². The predicted octanol–water partition coefficient (Wildman–Crippen LogP) is 2.08. The zero-order chi connectivity index (χ0) is 18.4. The van der Waals surface area contributed by atoms with Gasteiger partial charge in [0.15, 0.2) is 0 Å². The van der Waals surface area contributed by atoms with Gasteiger partial charge in [0.2, 0.25) is 15.9 Å². The molecule has 7 heteroatoms. The van der Waals surface area contributed by atoms with Crippen molar-refractivity contribution in [1.29, 1.82) is 0 Å². The summed E-state index contributed by atoms with van der Waals surface area (Å²) in [6.45, 7) is 3.78. The molecule has 0 radical (unpaired) electrons. The highest BCUT2D eigenvalue weighted by atomic mass is 32.2. The minimum Gasteiger partial charge on any atom is -0.355 e. The van der Waals surface area contributed by atoms with Crippen LogP contribution in [0.4, 0.5) is 4.39 Å². The van der Waals surface area contributed by atoms with E-state index in [4.69, 9.17) is 0 Å². The van der Waals surface area contributed by atoms with Gasteiger partial charge in [0.05, 0.1) is 11.3 Å². The molecule has 0 fully saturated rings. The van der Waals surface area contributed by atoms with Gasteiger partial charge in [0.1, 0.15) is 5.82 Å². The molecule has 1 amide bonds. The first-order chi connectivity index (χ1) is 11.8. The molecule has 0 aliphatic heterocycles. The van der Waals surface area contributed by atoms with Gasteiger partial charge in [-0.05, 0) is 48.7 Å². The van der Waals surface area contributed by atoms with Crippen LogP contribution in [-0.4, -0.2) is 27.4 Å². The maximum absolute atomic E-state index is 13.1. The van der Waals surface area contributed by atoms with Crippen LogP contribution in [0.15, 0.2) is 47.4 Å². The Hall–Kier alpha value is -2.25. The number of carbonyl (C=O) groups is 1. The van der Waals surface area contributed by atoms with Crippen molar-refractivity contribution < 1.29 is 17.6 Å². The van der Waals surface area contributed by atoms with Crippen LogP contribution >= 0.6 is 0 Å². The molecule has 0 aromatic heterocycles. The van der Waals surface area contributed by atoms with Crippen LogP contribution in [0.25, 0.3) is 0 Å². The van der Waals surface area contributed by atoms with Gasteiger partial charge in [-0.1, -0.05) is 24.3 Å². The van der Waals surface area contributed by atoms with E-state index in [-0.39, 0.29) is 30.3 Å². The number of halogens is 1. The zero-order valence-electron chi connectivity index (χ0n) is 14.2. The van der Waals surface area contributed by atoms with Crippen LogP contribution in [0, 0.1) is 19.7 Å². The van der Waals surface area contributed by atoms with Crippen molar-refractivity contribution >= 4 is 15.9 Å². The Morgan fingerprint density at radius 1 is 1.08 bits per heavy atom. The molecular weight excluding hydrogens is 343 g/mol. The van der Waals surface area contributed by atoms with E-state index in [0.29, 0.717) is 11.1 Å². The number of carbonyl (C=O) groups excluding carboxylic acids is 1. The maximum atomic E-state index is 13.1. The third-order valence-corrected chi connectivity index (χ3v) is 5.23. The van der Waals surface area contributed by atoms with Gasteiger partial charge in [-0.25, -0.2) is 17.5 Å². The number of rotatable bonds is 7. The maximum Gasteiger partial charge on any atom is 0.240 e. The lowest BCUT2D eigenvalue weighted by Gasteiger charge is -2.11. The molecule has 2 aromatic rings. The van der Waals surface area contributed by atoms with Crippen LogP contribution in [0.5, 0.6) is 0 Å². The highest BCUT2D eigenvalue weighted by Gasteiger charge is 2.16. The summed E-state index contributed by atoms with van der Waals surface area (Å²) in [4.78, 5) is 12.0. The van der Waals surface area contributed by atoms with E-state index in [9.17, 15) is 17.6 Å². The van der Waals surface area contributed by atoms with E-state index in [1.54, 1.807) is 25.1 Å². The fourth-order valence-corrected chi connectivity index (χ4v) is 3.72. The number of aryl methyl sites for hydroxylation is 2. The first-order valence-electron chi connectivity index (χ1n) is 7.86. The quantitative estimate of drug-likeness (QED) is 0.739. The van der Waals surface area contributed by atoms with Crippen molar-refractivity contribution in [1.82, 2.24) is 10.0 Å². The van der Waals surface area contributed by atoms with Crippen LogP contribution in [0.3, 0.4) is 0 Å². The number of hydrogen-bond donors (Lipinski definition) is 2. The van der Waals surface area contributed by atoms with Gasteiger partial charge < -0.3 is 5.32 Å². The van der Waals surface area contributed by atoms with E-state index in [1.807, 2.05) is 13.0 Å². The lowest BCUT2D eigenvalue weighted by atomic mass is 10.1. The number of sulfonamides is 1. The third-order valence-electron chi connectivity index (χ3n) is 3.63.